The predicted octanol–water partition coefficient (Wildman–Crippen LogP) is 2.89. The number of hydrogen-bond donors (Lipinski definition) is 1. The van der Waals surface area contributed by atoms with Gasteiger partial charge in [-0.05, 0) is 53.5 Å². The fourth-order valence-electron chi connectivity index (χ4n) is 1.74. The number of nitrogens with one attached hydrogen (secondary N) is 1. The van der Waals surface area contributed by atoms with Crippen molar-refractivity contribution >= 4 is 15.9 Å². The zero-order chi connectivity index (χ0) is 13.1. The number of halogens is 1. The maximum atomic E-state index is 12.0. The van der Waals surface area contributed by atoms with Crippen molar-refractivity contribution in [3.63, 3.8) is 0 Å². The molecule has 1 aromatic heterocycles. The highest BCUT2D eigenvalue weighted by Gasteiger charge is 2.11. The molecule has 96 valence electrons. The van der Waals surface area contributed by atoms with Crippen molar-refractivity contribution in [1.82, 2.24) is 9.78 Å². The van der Waals surface area contributed by atoms with Crippen molar-refractivity contribution in [2.75, 3.05) is 6.61 Å². The summed E-state index contributed by atoms with van der Waals surface area (Å²) in [5.74, 6) is 0.802. The summed E-state index contributed by atoms with van der Waals surface area (Å²) in [6.45, 7) is 4.57. The normalized spacial score (nSPS) is 10.6. The van der Waals surface area contributed by atoms with Crippen molar-refractivity contribution < 1.29 is 4.74 Å². The van der Waals surface area contributed by atoms with E-state index in [9.17, 15) is 4.79 Å². The van der Waals surface area contributed by atoms with Crippen LogP contribution in [0, 0.1) is 0 Å². The zero-order valence-electron chi connectivity index (χ0n) is 10.4. The van der Waals surface area contributed by atoms with Gasteiger partial charge in [0, 0.05) is 0 Å². The summed E-state index contributed by atoms with van der Waals surface area (Å²) >= 11 is 3.31. The number of H-pyrrole nitrogens is 1. The van der Waals surface area contributed by atoms with Gasteiger partial charge in [-0.15, -0.1) is 0 Å². The molecule has 1 N–H and O–H groups in total. The number of hydrogen-bond acceptors (Lipinski definition) is 2. The van der Waals surface area contributed by atoms with E-state index in [0.717, 1.165) is 23.6 Å². The molecule has 2 rings (SSSR count). The third-order valence-electron chi connectivity index (χ3n) is 2.66. The van der Waals surface area contributed by atoms with Crippen LogP contribution in [-0.4, -0.2) is 16.4 Å². The molecule has 0 bridgehead atoms. The van der Waals surface area contributed by atoms with Crippen LogP contribution in [0.25, 0.3) is 5.69 Å². The molecule has 5 heteroatoms. The summed E-state index contributed by atoms with van der Waals surface area (Å²) in [6.07, 6.45) is 0.778. The minimum Gasteiger partial charge on any atom is -0.494 e. The quantitative estimate of drug-likeness (QED) is 0.944. The molecular formula is C13H15BrN2O2. The summed E-state index contributed by atoms with van der Waals surface area (Å²) < 4.78 is 7.49. The van der Waals surface area contributed by atoms with Gasteiger partial charge in [0.25, 0.3) is 5.56 Å². The maximum Gasteiger partial charge on any atom is 0.285 e. The van der Waals surface area contributed by atoms with Crippen LogP contribution in [-0.2, 0) is 6.42 Å². The molecule has 0 fully saturated rings. The van der Waals surface area contributed by atoms with Gasteiger partial charge in [0.2, 0.25) is 0 Å². The van der Waals surface area contributed by atoms with E-state index in [1.54, 1.807) is 0 Å². The van der Waals surface area contributed by atoms with Gasteiger partial charge in [0.05, 0.1) is 18.0 Å². The lowest BCUT2D eigenvalue weighted by molar-refractivity contribution is 0.340. The van der Waals surface area contributed by atoms with Crippen molar-refractivity contribution in [3.8, 4) is 11.4 Å². The lowest BCUT2D eigenvalue weighted by atomic mass is 10.3. The molecule has 4 nitrogen and oxygen atoms in total. The van der Waals surface area contributed by atoms with Gasteiger partial charge in [-0.25, -0.2) is 4.68 Å². The van der Waals surface area contributed by atoms with E-state index >= 15 is 0 Å². The molecule has 0 aliphatic carbocycles. The highest BCUT2D eigenvalue weighted by molar-refractivity contribution is 9.10. The molecule has 18 heavy (non-hydrogen) atoms. The lowest BCUT2D eigenvalue weighted by Crippen LogP contribution is -2.14. The van der Waals surface area contributed by atoms with Crippen molar-refractivity contribution in [3.05, 3.63) is 44.8 Å². The standard InChI is InChI=1S/C13H15BrN2O2/c1-3-11-12(14)13(17)16(15-11)9-5-7-10(8-6-9)18-4-2/h5-8,15H,3-4H2,1-2H3. The second-order valence-corrected chi connectivity index (χ2v) is 4.62. The van der Waals surface area contributed by atoms with E-state index < -0.39 is 0 Å². The van der Waals surface area contributed by atoms with Crippen LogP contribution in [0.15, 0.2) is 33.5 Å². The SMILES string of the molecule is CCOc1ccc(-n2[nH]c(CC)c(Br)c2=O)cc1. The molecule has 0 saturated heterocycles. The fourth-order valence-corrected chi connectivity index (χ4v) is 2.28. The second-order valence-electron chi connectivity index (χ2n) is 3.83. The molecule has 0 radical (unpaired) electrons. The zero-order valence-corrected chi connectivity index (χ0v) is 12.0. The molecule has 0 aliphatic rings. The van der Waals surface area contributed by atoms with Crippen molar-refractivity contribution in [2.45, 2.75) is 20.3 Å². The highest BCUT2D eigenvalue weighted by Crippen LogP contribution is 2.16. The lowest BCUT2D eigenvalue weighted by Gasteiger charge is -2.05. The summed E-state index contributed by atoms with van der Waals surface area (Å²) in [7, 11) is 0. The Hall–Kier alpha value is -1.49. The number of rotatable bonds is 4. The van der Waals surface area contributed by atoms with Gasteiger partial charge in [0.1, 0.15) is 10.2 Å². The van der Waals surface area contributed by atoms with E-state index in [2.05, 4.69) is 21.0 Å². The first kappa shape index (κ1) is 13.0. The van der Waals surface area contributed by atoms with Gasteiger partial charge in [0.15, 0.2) is 0 Å². The Balaban J connectivity index is 2.40. The fraction of sp³-hybridized carbons (Fsp3) is 0.308. The van der Waals surface area contributed by atoms with E-state index in [4.69, 9.17) is 4.74 Å². The molecule has 1 heterocycles. The molecule has 2 aromatic rings. The molecular weight excluding hydrogens is 296 g/mol. The van der Waals surface area contributed by atoms with Crippen LogP contribution in [0.4, 0.5) is 0 Å². The number of benzene rings is 1. The summed E-state index contributed by atoms with van der Waals surface area (Å²) in [5, 5.41) is 3.08. The van der Waals surface area contributed by atoms with Crippen LogP contribution >= 0.6 is 15.9 Å². The minimum atomic E-state index is -0.0731. The van der Waals surface area contributed by atoms with Gasteiger partial charge >= 0.3 is 0 Å². The van der Waals surface area contributed by atoms with Crippen LogP contribution < -0.4 is 10.3 Å². The summed E-state index contributed by atoms with van der Waals surface area (Å²) in [4.78, 5) is 12.0. The van der Waals surface area contributed by atoms with Crippen LogP contribution in [0.5, 0.6) is 5.75 Å². The average molecular weight is 311 g/mol. The van der Waals surface area contributed by atoms with Crippen molar-refractivity contribution in [1.29, 1.82) is 0 Å². The van der Waals surface area contributed by atoms with E-state index in [-0.39, 0.29) is 5.56 Å². The summed E-state index contributed by atoms with van der Waals surface area (Å²) in [5.41, 5.74) is 1.62. The maximum absolute atomic E-state index is 12.0. The van der Waals surface area contributed by atoms with Gasteiger partial charge in [-0.2, -0.15) is 0 Å². The number of aryl methyl sites for hydroxylation is 1. The monoisotopic (exact) mass is 310 g/mol. The number of nitrogens with zero attached hydrogens (tertiary/aromatic N) is 1. The average Bonchev–Trinajstić information content (AvgIpc) is 2.68. The number of aromatic nitrogens is 2. The van der Waals surface area contributed by atoms with E-state index in [1.165, 1.54) is 4.68 Å². The molecule has 1 aromatic carbocycles. The molecule has 0 atom stereocenters. The number of aromatic amines is 1. The molecule has 0 amide bonds. The highest BCUT2D eigenvalue weighted by atomic mass is 79.9. The summed E-state index contributed by atoms with van der Waals surface area (Å²) in [6, 6.07) is 7.42. The Morgan fingerprint density at radius 1 is 1.28 bits per heavy atom. The Morgan fingerprint density at radius 2 is 1.94 bits per heavy atom. The van der Waals surface area contributed by atoms with Crippen LogP contribution in [0.1, 0.15) is 19.5 Å². The van der Waals surface area contributed by atoms with Crippen molar-refractivity contribution in [2.24, 2.45) is 0 Å². The third kappa shape index (κ3) is 2.36. The Kier molecular flexibility index (Phi) is 3.91. The first-order valence-electron chi connectivity index (χ1n) is 5.90. The van der Waals surface area contributed by atoms with E-state index in [1.807, 2.05) is 38.1 Å². The largest absolute Gasteiger partial charge is 0.494 e. The smallest absolute Gasteiger partial charge is 0.285 e. The first-order chi connectivity index (χ1) is 8.67. The topological polar surface area (TPSA) is 47.0 Å². The van der Waals surface area contributed by atoms with Gasteiger partial charge in [-0.3, -0.25) is 9.89 Å². The molecule has 0 aliphatic heterocycles. The van der Waals surface area contributed by atoms with Gasteiger partial charge < -0.3 is 4.74 Å². The Bertz CT molecular complexity index is 584. The second kappa shape index (κ2) is 5.44. The van der Waals surface area contributed by atoms with Crippen LogP contribution in [0.2, 0.25) is 0 Å². The Morgan fingerprint density at radius 3 is 2.44 bits per heavy atom. The van der Waals surface area contributed by atoms with E-state index in [0.29, 0.717) is 11.1 Å². The number of ether oxygens (including phenoxy) is 1. The molecule has 0 spiro atoms. The molecule has 0 saturated carbocycles. The molecule has 0 unspecified atom stereocenters. The van der Waals surface area contributed by atoms with Crippen LogP contribution in [0.3, 0.4) is 0 Å². The Labute approximate surface area is 114 Å². The minimum absolute atomic E-state index is 0.0731. The third-order valence-corrected chi connectivity index (χ3v) is 3.48. The predicted molar refractivity (Wildman–Crippen MR) is 74.6 cm³/mol. The van der Waals surface area contributed by atoms with Gasteiger partial charge in [-0.1, -0.05) is 6.92 Å². The first-order valence-corrected chi connectivity index (χ1v) is 6.69.